The van der Waals surface area contributed by atoms with Gasteiger partial charge in [0.15, 0.2) is 0 Å². The molecule has 1 atom stereocenters. The maximum atomic E-state index is 12.8. The molecule has 0 bridgehead atoms. The molecule has 7 heteroatoms. The molecule has 0 saturated carbocycles. The first kappa shape index (κ1) is 17.6. The Hall–Kier alpha value is -2.24. The lowest BCUT2D eigenvalue weighted by atomic mass is 10.2. The average molecular weight is 379 g/mol. The summed E-state index contributed by atoms with van der Waals surface area (Å²) in [5.74, 6) is -0.0782. The van der Waals surface area contributed by atoms with E-state index in [1.54, 1.807) is 30.3 Å². The van der Waals surface area contributed by atoms with Crippen molar-refractivity contribution in [2.45, 2.75) is 19.4 Å². The Bertz CT molecular complexity index is 826. The van der Waals surface area contributed by atoms with Gasteiger partial charge >= 0.3 is 0 Å². The molecule has 0 radical (unpaired) electrons. The molecule has 1 N–H and O–H groups in total. The number of hydrogen-bond acceptors (Lipinski definition) is 4. The molecule has 0 aromatic heterocycles. The quantitative estimate of drug-likeness (QED) is 0.794. The molecule has 0 aliphatic carbocycles. The van der Waals surface area contributed by atoms with E-state index in [0.717, 1.165) is 4.90 Å². The van der Waals surface area contributed by atoms with Crippen molar-refractivity contribution >= 4 is 46.4 Å². The van der Waals surface area contributed by atoms with E-state index in [4.69, 9.17) is 27.9 Å². The number of imide groups is 1. The van der Waals surface area contributed by atoms with E-state index in [1.165, 1.54) is 0 Å². The Kier molecular flexibility index (Phi) is 5.16. The van der Waals surface area contributed by atoms with Gasteiger partial charge in [-0.1, -0.05) is 41.4 Å². The van der Waals surface area contributed by atoms with Crippen LogP contribution in [0.3, 0.4) is 0 Å². The highest BCUT2D eigenvalue weighted by Gasteiger charge is 2.40. The summed E-state index contributed by atoms with van der Waals surface area (Å²) in [5, 5.41) is 3.57. The van der Waals surface area contributed by atoms with Crippen molar-refractivity contribution in [2.75, 3.05) is 16.8 Å². The van der Waals surface area contributed by atoms with Crippen LogP contribution in [0, 0.1) is 0 Å². The van der Waals surface area contributed by atoms with Crippen LogP contribution in [0.25, 0.3) is 0 Å². The predicted octanol–water partition coefficient (Wildman–Crippen LogP) is 4.14. The normalized spacial score (nSPS) is 17.1. The number of carbonyl (C=O) groups excluding carboxylic acids is 2. The fourth-order valence-corrected chi connectivity index (χ4v) is 3.10. The maximum absolute atomic E-state index is 12.8. The van der Waals surface area contributed by atoms with Gasteiger partial charge in [0.25, 0.3) is 5.91 Å². The van der Waals surface area contributed by atoms with Gasteiger partial charge in [-0.05, 0) is 31.2 Å². The van der Waals surface area contributed by atoms with Gasteiger partial charge in [0.2, 0.25) is 5.91 Å². The second kappa shape index (κ2) is 7.33. The summed E-state index contributed by atoms with van der Waals surface area (Å²) in [5.41, 5.74) is 0.959. The zero-order valence-corrected chi connectivity index (χ0v) is 15.0. The highest BCUT2D eigenvalue weighted by molar-refractivity contribution is 6.45. The molecular formula is C18H16Cl2N2O3. The van der Waals surface area contributed by atoms with Crippen LogP contribution in [0.2, 0.25) is 10.0 Å². The van der Waals surface area contributed by atoms with E-state index in [9.17, 15) is 9.59 Å². The molecule has 2 amide bonds. The van der Waals surface area contributed by atoms with Crippen LogP contribution in [0.1, 0.15) is 13.3 Å². The molecule has 1 heterocycles. The second-order valence-electron chi connectivity index (χ2n) is 5.47. The smallest absolute Gasteiger partial charge is 0.256 e. The molecule has 130 valence electrons. The van der Waals surface area contributed by atoms with E-state index in [-0.39, 0.29) is 28.3 Å². The molecular weight excluding hydrogens is 363 g/mol. The minimum Gasteiger partial charge on any atom is -0.492 e. The molecule has 1 saturated heterocycles. The van der Waals surface area contributed by atoms with Crippen molar-refractivity contribution in [3.05, 3.63) is 52.5 Å². The number of amides is 2. The topological polar surface area (TPSA) is 58.6 Å². The maximum Gasteiger partial charge on any atom is 0.256 e. The first-order valence-corrected chi connectivity index (χ1v) is 8.57. The Labute approximate surface area is 155 Å². The summed E-state index contributed by atoms with van der Waals surface area (Å²) in [7, 11) is 0. The fraction of sp³-hybridized carbons (Fsp3) is 0.222. The van der Waals surface area contributed by atoms with Gasteiger partial charge < -0.3 is 10.1 Å². The van der Waals surface area contributed by atoms with E-state index >= 15 is 0 Å². The Morgan fingerprint density at radius 3 is 2.68 bits per heavy atom. The molecule has 3 rings (SSSR count). The minimum absolute atomic E-state index is 0.0299. The molecule has 1 aliphatic heterocycles. The number of carbonyl (C=O) groups is 2. The van der Waals surface area contributed by atoms with Crippen molar-refractivity contribution in [2.24, 2.45) is 0 Å². The predicted molar refractivity (Wildman–Crippen MR) is 98.6 cm³/mol. The van der Waals surface area contributed by atoms with Crippen LogP contribution in [0.4, 0.5) is 11.4 Å². The first-order chi connectivity index (χ1) is 12.0. The lowest BCUT2D eigenvalue weighted by Crippen LogP contribution is -2.35. The zero-order chi connectivity index (χ0) is 18.0. The third kappa shape index (κ3) is 3.43. The molecule has 5 nitrogen and oxygen atoms in total. The van der Waals surface area contributed by atoms with E-state index in [0.29, 0.717) is 23.7 Å². The van der Waals surface area contributed by atoms with Crippen LogP contribution in [-0.2, 0) is 9.59 Å². The van der Waals surface area contributed by atoms with Gasteiger partial charge in [0.05, 0.1) is 34.4 Å². The van der Waals surface area contributed by atoms with Gasteiger partial charge in [-0.2, -0.15) is 0 Å². The summed E-state index contributed by atoms with van der Waals surface area (Å²) >= 11 is 12.2. The summed E-state index contributed by atoms with van der Waals surface area (Å²) < 4.78 is 5.54. The lowest BCUT2D eigenvalue weighted by molar-refractivity contribution is -0.121. The molecule has 1 fully saturated rings. The minimum atomic E-state index is -0.691. The number of rotatable bonds is 5. The van der Waals surface area contributed by atoms with E-state index < -0.39 is 6.04 Å². The summed E-state index contributed by atoms with van der Waals surface area (Å²) in [6.07, 6.45) is 0.0299. The average Bonchev–Trinajstić information content (AvgIpc) is 2.86. The van der Waals surface area contributed by atoms with Crippen LogP contribution in [0.15, 0.2) is 42.5 Å². The van der Waals surface area contributed by atoms with Crippen LogP contribution >= 0.6 is 23.2 Å². The summed E-state index contributed by atoms with van der Waals surface area (Å²) in [6.45, 7) is 2.38. The summed E-state index contributed by atoms with van der Waals surface area (Å²) in [6, 6.07) is 11.4. The number of ether oxygens (including phenoxy) is 1. The molecule has 2 aromatic carbocycles. The third-order valence-electron chi connectivity index (χ3n) is 3.84. The summed E-state index contributed by atoms with van der Waals surface area (Å²) in [4.78, 5) is 26.2. The zero-order valence-electron chi connectivity index (χ0n) is 13.5. The molecule has 0 spiro atoms. The number of anilines is 2. The van der Waals surface area contributed by atoms with Gasteiger partial charge in [-0.3, -0.25) is 9.59 Å². The molecule has 0 unspecified atom stereocenters. The van der Waals surface area contributed by atoms with E-state index in [1.807, 2.05) is 19.1 Å². The van der Waals surface area contributed by atoms with Crippen molar-refractivity contribution in [3.8, 4) is 5.75 Å². The first-order valence-electron chi connectivity index (χ1n) is 7.82. The molecule has 2 aromatic rings. The number of benzene rings is 2. The van der Waals surface area contributed by atoms with Crippen molar-refractivity contribution in [1.82, 2.24) is 0 Å². The van der Waals surface area contributed by atoms with Crippen molar-refractivity contribution in [3.63, 3.8) is 0 Å². The highest BCUT2D eigenvalue weighted by Crippen LogP contribution is 2.36. The molecule has 1 aliphatic rings. The van der Waals surface area contributed by atoms with Gasteiger partial charge in [0, 0.05) is 0 Å². The standard InChI is InChI=1S/C18H16Cl2N2O3/c1-2-25-15-9-4-3-7-12(15)21-13-10-16(23)22(18(13)24)14-8-5-6-11(19)17(14)20/h3-9,13,21H,2,10H2,1H3/t13-/m0/s1. The van der Waals surface area contributed by atoms with Crippen LogP contribution in [-0.4, -0.2) is 24.5 Å². The molecule has 25 heavy (non-hydrogen) atoms. The third-order valence-corrected chi connectivity index (χ3v) is 4.64. The van der Waals surface area contributed by atoms with Crippen molar-refractivity contribution < 1.29 is 14.3 Å². The number of nitrogens with one attached hydrogen (secondary N) is 1. The van der Waals surface area contributed by atoms with Crippen LogP contribution in [0.5, 0.6) is 5.75 Å². The van der Waals surface area contributed by atoms with Gasteiger partial charge in [-0.25, -0.2) is 4.90 Å². The Morgan fingerprint density at radius 1 is 1.16 bits per heavy atom. The second-order valence-corrected chi connectivity index (χ2v) is 6.26. The van der Waals surface area contributed by atoms with Gasteiger partial charge in [-0.15, -0.1) is 0 Å². The van der Waals surface area contributed by atoms with Crippen molar-refractivity contribution in [1.29, 1.82) is 0 Å². The largest absolute Gasteiger partial charge is 0.492 e. The monoisotopic (exact) mass is 378 g/mol. The number of hydrogen-bond donors (Lipinski definition) is 1. The fourth-order valence-electron chi connectivity index (χ4n) is 2.72. The Morgan fingerprint density at radius 2 is 1.92 bits per heavy atom. The van der Waals surface area contributed by atoms with E-state index in [2.05, 4.69) is 5.32 Å². The highest BCUT2D eigenvalue weighted by atomic mass is 35.5. The number of halogens is 2. The number of nitrogens with zero attached hydrogens (tertiary/aromatic N) is 1. The lowest BCUT2D eigenvalue weighted by Gasteiger charge is -2.18. The van der Waals surface area contributed by atoms with Gasteiger partial charge in [0.1, 0.15) is 11.8 Å². The van der Waals surface area contributed by atoms with Crippen LogP contribution < -0.4 is 15.0 Å². The SMILES string of the molecule is CCOc1ccccc1N[C@H]1CC(=O)N(c2cccc(Cl)c2Cl)C1=O. The number of para-hydroxylation sites is 2. The Balaban J connectivity index is 1.86.